The van der Waals surface area contributed by atoms with Gasteiger partial charge >= 0.3 is 0 Å². The van der Waals surface area contributed by atoms with Crippen LogP contribution in [0.15, 0.2) is 36.1 Å². The Kier molecular flexibility index (Phi) is 2.76. The molecule has 0 bridgehead atoms. The average molecular weight is 258 g/mol. The molecule has 3 aromatic heterocycles. The number of fused-ring (bicyclic) bond motifs is 1. The minimum Gasteiger partial charge on any atom is -0.337 e. The van der Waals surface area contributed by atoms with E-state index in [1.807, 2.05) is 29.3 Å². The fraction of sp³-hybridized carbons (Fsp3) is 0.231. The van der Waals surface area contributed by atoms with Gasteiger partial charge in [-0.1, -0.05) is 0 Å². The second kappa shape index (κ2) is 4.42. The molecule has 5 heteroatoms. The number of rotatable bonds is 3. The van der Waals surface area contributed by atoms with Gasteiger partial charge < -0.3 is 5.32 Å². The normalized spacial score (nSPS) is 11.3. The van der Waals surface area contributed by atoms with E-state index in [4.69, 9.17) is 0 Å². The minimum absolute atomic E-state index is 0.366. The molecule has 18 heavy (non-hydrogen) atoms. The third-order valence-electron chi connectivity index (χ3n) is 2.77. The van der Waals surface area contributed by atoms with Crippen molar-refractivity contribution in [3.63, 3.8) is 0 Å². The Morgan fingerprint density at radius 1 is 1.33 bits per heavy atom. The number of pyridine rings is 1. The molecule has 4 nitrogen and oxygen atoms in total. The summed E-state index contributed by atoms with van der Waals surface area (Å²) in [6, 6.07) is 4.48. The number of nitrogens with one attached hydrogen (secondary N) is 1. The maximum atomic E-state index is 4.39. The van der Waals surface area contributed by atoms with Crippen molar-refractivity contribution < 1.29 is 0 Å². The summed E-state index contributed by atoms with van der Waals surface area (Å²) in [7, 11) is 0. The lowest BCUT2D eigenvalue weighted by molar-refractivity contribution is 0.532. The van der Waals surface area contributed by atoms with Crippen LogP contribution in [0.25, 0.3) is 10.1 Å². The van der Waals surface area contributed by atoms with Crippen molar-refractivity contribution in [2.24, 2.45) is 0 Å². The molecular formula is C13H14N4S. The van der Waals surface area contributed by atoms with Gasteiger partial charge in [0.1, 0.15) is 5.82 Å². The van der Waals surface area contributed by atoms with Gasteiger partial charge in [-0.3, -0.25) is 4.68 Å². The van der Waals surface area contributed by atoms with E-state index in [9.17, 15) is 0 Å². The van der Waals surface area contributed by atoms with E-state index in [2.05, 4.69) is 40.7 Å². The van der Waals surface area contributed by atoms with E-state index in [1.54, 1.807) is 11.3 Å². The summed E-state index contributed by atoms with van der Waals surface area (Å²) in [5.41, 5.74) is 0.968. The first-order chi connectivity index (χ1) is 8.74. The molecule has 3 rings (SSSR count). The molecule has 0 aliphatic carbocycles. The molecule has 0 aromatic carbocycles. The molecule has 1 N–H and O–H groups in total. The molecule has 0 aliphatic rings. The molecule has 3 heterocycles. The SMILES string of the molecule is CC(C)n1cc(Nc2nccc3sccc23)cn1. The lowest BCUT2D eigenvalue weighted by atomic mass is 10.3. The number of hydrogen-bond acceptors (Lipinski definition) is 4. The minimum atomic E-state index is 0.366. The lowest BCUT2D eigenvalue weighted by Crippen LogP contribution is -2.00. The first kappa shape index (κ1) is 11.2. The Labute approximate surface area is 109 Å². The maximum absolute atomic E-state index is 4.39. The van der Waals surface area contributed by atoms with Crippen LogP contribution in [0.3, 0.4) is 0 Å². The Hall–Kier alpha value is -1.88. The van der Waals surface area contributed by atoms with Crippen LogP contribution in [0.1, 0.15) is 19.9 Å². The second-order valence-corrected chi connectivity index (χ2v) is 5.37. The Balaban J connectivity index is 1.93. The van der Waals surface area contributed by atoms with E-state index < -0.39 is 0 Å². The zero-order valence-corrected chi connectivity index (χ0v) is 11.1. The average Bonchev–Trinajstić information content (AvgIpc) is 2.97. The van der Waals surface area contributed by atoms with E-state index in [-0.39, 0.29) is 0 Å². The van der Waals surface area contributed by atoms with Crippen LogP contribution in [-0.2, 0) is 0 Å². The molecule has 0 aliphatic heterocycles. The highest BCUT2D eigenvalue weighted by molar-refractivity contribution is 7.17. The maximum Gasteiger partial charge on any atom is 0.139 e. The first-order valence-electron chi connectivity index (χ1n) is 5.87. The number of anilines is 2. The lowest BCUT2D eigenvalue weighted by Gasteiger charge is -2.05. The molecule has 0 saturated heterocycles. The monoisotopic (exact) mass is 258 g/mol. The first-order valence-corrected chi connectivity index (χ1v) is 6.75. The van der Waals surface area contributed by atoms with Crippen LogP contribution in [0.2, 0.25) is 0 Å². The highest BCUT2D eigenvalue weighted by atomic mass is 32.1. The van der Waals surface area contributed by atoms with Gasteiger partial charge in [0.25, 0.3) is 0 Å². The number of aromatic nitrogens is 3. The van der Waals surface area contributed by atoms with Crippen molar-refractivity contribution in [1.82, 2.24) is 14.8 Å². The molecule has 0 unspecified atom stereocenters. The van der Waals surface area contributed by atoms with E-state index in [0.29, 0.717) is 6.04 Å². The van der Waals surface area contributed by atoms with Crippen molar-refractivity contribution >= 4 is 32.9 Å². The summed E-state index contributed by atoms with van der Waals surface area (Å²) in [6.45, 7) is 4.21. The third-order valence-corrected chi connectivity index (χ3v) is 3.66. The van der Waals surface area contributed by atoms with E-state index >= 15 is 0 Å². The van der Waals surface area contributed by atoms with E-state index in [1.165, 1.54) is 4.70 Å². The molecule has 0 fully saturated rings. The van der Waals surface area contributed by atoms with Crippen molar-refractivity contribution in [2.45, 2.75) is 19.9 Å². The van der Waals surface area contributed by atoms with Crippen molar-refractivity contribution in [3.8, 4) is 0 Å². The zero-order chi connectivity index (χ0) is 12.5. The fourth-order valence-corrected chi connectivity index (χ4v) is 2.60. The van der Waals surface area contributed by atoms with Gasteiger partial charge in [0.05, 0.1) is 11.9 Å². The highest BCUT2D eigenvalue weighted by Gasteiger charge is 2.06. The molecule has 0 atom stereocenters. The summed E-state index contributed by atoms with van der Waals surface area (Å²) in [4.78, 5) is 4.39. The topological polar surface area (TPSA) is 42.7 Å². The summed E-state index contributed by atoms with van der Waals surface area (Å²) in [6.07, 6.45) is 5.65. The van der Waals surface area contributed by atoms with Gasteiger partial charge in [-0.25, -0.2) is 4.98 Å². The molecule has 3 aromatic rings. The van der Waals surface area contributed by atoms with Crippen LogP contribution in [0.4, 0.5) is 11.5 Å². The smallest absolute Gasteiger partial charge is 0.139 e. The fourth-order valence-electron chi connectivity index (χ4n) is 1.82. The van der Waals surface area contributed by atoms with E-state index in [0.717, 1.165) is 16.9 Å². The molecule has 0 radical (unpaired) electrons. The highest BCUT2D eigenvalue weighted by Crippen LogP contribution is 2.27. The van der Waals surface area contributed by atoms with Crippen molar-refractivity contribution in [2.75, 3.05) is 5.32 Å². The van der Waals surface area contributed by atoms with Crippen LogP contribution in [0.5, 0.6) is 0 Å². The van der Waals surface area contributed by atoms with Gasteiger partial charge in [0, 0.05) is 28.5 Å². The molecule has 0 spiro atoms. The van der Waals surface area contributed by atoms with Gasteiger partial charge in [-0.15, -0.1) is 11.3 Å². The number of nitrogens with zero attached hydrogens (tertiary/aromatic N) is 3. The van der Waals surface area contributed by atoms with Gasteiger partial charge in [0.2, 0.25) is 0 Å². The summed E-state index contributed by atoms with van der Waals surface area (Å²) >= 11 is 1.72. The summed E-state index contributed by atoms with van der Waals surface area (Å²) in [5.74, 6) is 0.886. The zero-order valence-electron chi connectivity index (χ0n) is 10.3. The molecule has 0 amide bonds. The Bertz CT molecular complexity index is 668. The van der Waals surface area contributed by atoms with Crippen molar-refractivity contribution in [1.29, 1.82) is 0 Å². The Morgan fingerprint density at radius 3 is 3.00 bits per heavy atom. The van der Waals surface area contributed by atoms with Crippen LogP contribution >= 0.6 is 11.3 Å². The molecular weight excluding hydrogens is 244 g/mol. The van der Waals surface area contributed by atoms with Crippen molar-refractivity contribution in [3.05, 3.63) is 36.1 Å². The van der Waals surface area contributed by atoms with Gasteiger partial charge in [-0.2, -0.15) is 5.10 Å². The second-order valence-electron chi connectivity index (χ2n) is 4.42. The van der Waals surface area contributed by atoms with Gasteiger partial charge in [0.15, 0.2) is 0 Å². The van der Waals surface area contributed by atoms with Crippen LogP contribution in [-0.4, -0.2) is 14.8 Å². The third kappa shape index (κ3) is 1.97. The summed E-state index contributed by atoms with van der Waals surface area (Å²) in [5, 5.41) is 10.9. The predicted octanol–water partition coefficient (Wildman–Crippen LogP) is 3.82. The standard InChI is InChI=1S/C13H14N4S/c1-9(2)17-8-10(7-15-17)16-13-11-4-6-18-12(11)3-5-14-13/h3-9H,1-2H3,(H,14,16). The molecule has 0 saturated carbocycles. The Morgan fingerprint density at radius 2 is 2.22 bits per heavy atom. The predicted molar refractivity (Wildman–Crippen MR) is 75.5 cm³/mol. The molecule has 92 valence electrons. The quantitative estimate of drug-likeness (QED) is 0.776. The largest absolute Gasteiger partial charge is 0.337 e. The number of hydrogen-bond donors (Lipinski definition) is 1. The van der Waals surface area contributed by atoms with Crippen LogP contribution in [0, 0.1) is 0 Å². The summed E-state index contributed by atoms with van der Waals surface area (Å²) < 4.78 is 3.17. The van der Waals surface area contributed by atoms with Crippen LogP contribution < -0.4 is 5.32 Å². The van der Waals surface area contributed by atoms with Gasteiger partial charge in [-0.05, 0) is 31.4 Å². The number of thiophene rings is 1.